The number of cyclic esters (lactones) is 1. The maximum absolute atomic E-state index is 13.1. The maximum Gasteiger partial charge on any atom is 0.329 e. The molecule has 1 aliphatic rings. The summed E-state index contributed by atoms with van der Waals surface area (Å²) in [6, 6.07) is 7.65. The lowest BCUT2D eigenvalue weighted by atomic mass is 10.0. The van der Waals surface area contributed by atoms with Crippen molar-refractivity contribution >= 4 is 11.9 Å². The third-order valence-corrected chi connectivity index (χ3v) is 6.00. The Morgan fingerprint density at radius 3 is 2.49 bits per heavy atom. The molecular formula is C27H36N2O8. The number of carbonyl (C=O) groups excluding carboxylic acids is 2. The van der Waals surface area contributed by atoms with Crippen molar-refractivity contribution in [1.82, 2.24) is 10.3 Å². The number of hydrogen-bond acceptors (Lipinski definition) is 9. The number of amides is 1. The van der Waals surface area contributed by atoms with Crippen LogP contribution in [0.2, 0.25) is 0 Å². The van der Waals surface area contributed by atoms with Crippen molar-refractivity contribution in [3.05, 3.63) is 42.2 Å². The van der Waals surface area contributed by atoms with Gasteiger partial charge in [0.05, 0.1) is 20.3 Å². The van der Waals surface area contributed by atoms with Gasteiger partial charge in [-0.3, -0.25) is 4.79 Å². The van der Waals surface area contributed by atoms with Crippen molar-refractivity contribution < 1.29 is 38.4 Å². The summed E-state index contributed by atoms with van der Waals surface area (Å²) in [6.07, 6.45) is 1.22. The van der Waals surface area contributed by atoms with Gasteiger partial charge in [0, 0.05) is 18.9 Å². The van der Waals surface area contributed by atoms with Crippen molar-refractivity contribution in [3.63, 3.8) is 0 Å². The van der Waals surface area contributed by atoms with Gasteiger partial charge in [0.15, 0.2) is 23.3 Å². The molecule has 1 aromatic heterocycles. The van der Waals surface area contributed by atoms with Crippen molar-refractivity contribution in [3.8, 4) is 23.0 Å². The Balaban J connectivity index is 1.79. The first kappa shape index (κ1) is 28.0. The van der Waals surface area contributed by atoms with Crippen LogP contribution in [0, 0.1) is 5.92 Å². The Morgan fingerprint density at radius 1 is 1.14 bits per heavy atom. The molecule has 3 rings (SSSR count). The molecule has 2 N–H and O–H groups in total. The number of benzene rings is 1. The second kappa shape index (κ2) is 13.1. The average Bonchev–Trinajstić information content (AvgIpc) is 2.93. The van der Waals surface area contributed by atoms with Crippen molar-refractivity contribution in [1.29, 1.82) is 0 Å². The van der Waals surface area contributed by atoms with Gasteiger partial charge in [-0.1, -0.05) is 13.8 Å². The second-order valence-corrected chi connectivity index (χ2v) is 9.33. The van der Waals surface area contributed by atoms with E-state index in [0.717, 1.165) is 0 Å². The minimum Gasteiger partial charge on any atom is -0.503 e. The molecule has 2 heterocycles. The van der Waals surface area contributed by atoms with Gasteiger partial charge < -0.3 is 34.1 Å². The first-order valence-electron chi connectivity index (χ1n) is 12.4. The Morgan fingerprint density at radius 2 is 1.84 bits per heavy atom. The van der Waals surface area contributed by atoms with Gasteiger partial charge in [-0.15, -0.1) is 0 Å². The number of methoxy groups -OCH3 is 2. The van der Waals surface area contributed by atoms with E-state index >= 15 is 0 Å². The lowest BCUT2D eigenvalue weighted by Gasteiger charge is -2.32. The fraction of sp³-hybridized carbons (Fsp3) is 0.519. The Bertz CT molecular complexity index is 1040. The molecule has 0 spiro atoms. The number of aromatic nitrogens is 1. The van der Waals surface area contributed by atoms with E-state index in [1.54, 1.807) is 38.3 Å². The Labute approximate surface area is 217 Å². The van der Waals surface area contributed by atoms with Crippen molar-refractivity contribution in [2.75, 3.05) is 20.8 Å². The van der Waals surface area contributed by atoms with Gasteiger partial charge in [0.25, 0.3) is 5.91 Å². The zero-order chi connectivity index (χ0) is 26.9. The van der Waals surface area contributed by atoms with E-state index < -0.39 is 35.9 Å². The molecule has 1 amide bonds. The molecule has 1 aliphatic heterocycles. The first-order chi connectivity index (χ1) is 17.7. The molecule has 0 radical (unpaired) electrons. The van der Waals surface area contributed by atoms with Gasteiger partial charge in [-0.2, -0.15) is 0 Å². The first-order valence-corrected chi connectivity index (χ1v) is 12.4. The Kier molecular flexibility index (Phi) is 9.96. The fourth-order valence-corrected chi connectivity index (χ4v) is 4.04. The van der Waals surface area contributed by atoms with E-state index in [2.05, 4.69) is 24.1 Å². The van der Waals surface area contributed by atoms with Crippen LogP contribution in [0.25, 0.3) is 0 Å². The fourth-order valence-electron chi connectivity index (χ4n) is 4.04. The molecule has 1 saturated heterocycles. The van der Waals surface area contributed by atoms with E-state index in [1.165, 1.54) is 19.4 Å². The molecule has 0 unspecified atom stereocenters. The van der Waals surface area contributed by atoms with Crippen LogP contribution in [0.15, 0.2) is 36.5 Å². The summed E-state index contributed by atoms with van der Waals surface area (Å²) < 4.78 is 28.5. The minimum atomic E-state index is -0.937. The van der Waals surface area contributed by atoms with Crippen molar-refractivity contribution in [2.45, 2.75) is 64.4 Å². The number of nitrogens with zero attached hydrogens (tertiary/aromatic N) is 1. The zero-order valence-corrected chi connectivity index (χ0v) is 21.9. The normalized spacial score (nSPS) is 22.3. The van der Waals surface area contributed by atoms with Crippen LogP contribution in [0.5, 0.6) is 23.0 Å². The summed E-state index contributed by atoms with van der Waals surface area (Å²) in [4.78, 5) is 29.9. The molecule has 10 nitrogen and oxygen atoms in total. The molecular weight excluding hydrogens is 480 g/mol. The van der Waals surface area contributed by atoms with E-state index in [9.17, 15) is 14.7 Å². The molecule has 2 aromatic rings. The van der Waals surface area contributed by atoms with Crippen molar-refractivity contribution in [2.24, 2.45) is 5.92 Å². The predicted molar refractivity (Wildman–Crippen MR) is 135 cm³/mol. The van der Waals surface area contributed by atoms with Crippen LogP contribution in [0.1, 0.15) is 50.5 Å². The van der Waals surface area contributed by atoms with E-state index in [0.29, 0.717) is 43.3 Å². The van der Waals surface area contributed by atoms with Gasteiger partial charge >= 0.3 is 5.97 Å². The zero-order valence-electron chi connectivity index (χ0n) is 21.9. The molecule has 4 atom stereocenters. The maximum atomic E-state index is 13.1. The highest BCUT2D eigenvalue weighted by Crippen LogP contribution is 2.29. The summed E-state index contributed by atoms with van der Waals surface area (Å²) >= 11 is 0. The SMILES string of the molecule is COc1ccc(O[C@H]2[C@H](C)OC(=O)[C@@H](NC(=O)c3nccc(OC)c3O)CCC[C@@H]2OCC(C)C)cc1. The van der Waals surface area contributed by atoms with Crippen LogP contribution in [0.3, 0.4) is 0 Å². The van der Waals surface area contributed by atoms with E-state index in [-0.39, 0.29) is 17.5 Å². The highest BCUT2D eigenvalue weighted by atomic mass is 16.6. The standard InChI is InChI=1S/C27H36N2O8/c1-16(2)15-35-22-8-6-7-20(29-26(31)23-24(30)21(34-5)13-14-28-23)27(32)36-17(3)25(22)37-19-11-9-18(33-4)10-12-19/h9-14,16-17,20,22,25,30H,6-8,15H2,1-5H3,(H,29,31)/t17-,20-,22-,25-/m0/s1. The summed E-state index contributed by atoms with van der Waals surface area (Å²) in [7, 11) is 2.96. The lowest BCUT2D eigenvalue weighted by molar-refractivity contribution is -0.159. The lowest BCUT2D eigenvalue weighted by Crippen LogP contribution is -2.47. The quantitative estimate of drug-likeness (QED) is 0.482. The molecule has 0 bridgehead atoms. The van der Waals surface area contributed by atoms with Crippen LogP contribution in [0.4, 0.5) is 0 Å². The molecule has 1 aromatic carbocycles. The number of carbonyl (C=O) groups is 2. The summed E-state index contributed by atoms with van der Waals surface area (Å²) in [5.74, 6) is -0.00128. The van der Waals surface area contributed by atoms with Gasteiger partial charge in [-0.25, -0.2) is 9.78 Å². The molecule has 1 fully saturated rings. The Hall–Kier alpha value is -3.53. The molecule has 37 heavy (non-hydrogen) atoms. The third-order valence-electron chi connectivity index (χ3n) is 6.00. The number of nitrogens with one attached hydrogen (secondary N) is 1. The van der Waals surface area contributed by atoms with E-state index in [4.69, 9.17) is 23.7 Å². The molecule has 0 aliphatic carbocycles. The molecule has 0 saturated carbocycles. The summed E-state index contributed by atoms with van der Waals surface area (Å²) in [6.45, 7) is 6.39. The van der Waals surface area contributed by atoms with Crippen LogP contribution >= 0.6 is 0 Å². The summed E-state index contributed by atoms with van der Waals surface area (Å²) in [5, 5.41) is 12.9. The molecule has 202 valence electrons. The van der Waals surface area contributed by atoms with Gasteiger partial charge in [-0.05, 0) is 56.4 Å². The third kappa shape index (κ3) is 7.48. The highest BCUT2D eigenvalue weighted by molar-refractivity contribution is 5.97. The van der Waals surface area contributed by atoms with Gasteiger partial charge in [0.1, 0.15) is 23.6 Å². The van der Waals surface area contributed by atoms with Crippen LogP contribution in [-0.2, 0) is 14.3 Å². The highest BCUT2D eigenvalue weighted by Gasteiger charge is 2.37. The summed E-state index contributed by atoms with van der Waals surface area (Å²) in [5.41, 5.74) is -0.237. The minimum absolute atomic E-state index is 0.106. The monoisotopic (exact) mass is 516 g/mol. The smallest absolute Gasteiger partial charge is 0.329 e. The van der Waals surface area contributed by atoms with E-state index in [1.807, 2.05) is 0 Å². The van der Waals surface area contributed by atoms with Gasteiger partial charge in [0.2, 0.25) is 0 Å². The number of ether oxygens (including phenoxy) is 5. The largest absolute Gasteiger partial charge is 0.503 e. The number of esters is 1. The number of hydrogen-bond donors (Lipinski definition) is 2. The average molecular weight is 517 g/mol. The number of rotatable bonds is 9. The van der Waals surface area contributed by atoms with Crippen LogP contribution in [-0.4, -0.2) is 67.1 Å². The van der Waals surface area contributed by atoms with Crippen LogP contribution < -0.4 is 19.5 Å². The second-order valence-electron chi connectivity index (χ2n) is 9.33. The number of pyridine rings is 1. The predicted octanol–water partition coefficient (Wildman–Crippen LogP) is 3.51. The number of aromatic hydroxyl groups is 1. The molecule has 10 heteroatoms. The topological polar surface area (TPSA) is 125 Å².